The number of hydrogen-bond acceptors (Lipinski definition) is 5. The Bertz CT molecular complexity index is 759. The fourth-order valence-electron chi connectivity index (χ4n) is 2.36. The highest BCUT2D eigenvalue weighted by atomic mass is 127. The Morgan fingerprint density at radius 2 is 2.11 bits per heavy atom. The van der Waals surface area contributed by atoms with Gasteiger partial charge in [-0.25, -0.2) is 4.99 Å². The zero-order chi connectivity index (χ0) is 18.4. The lowest BCUT2D eigenvalue weighted by Gasteiger charge is -2.13. The SMILES string of the molecule is CCNC(=NCc1cc2c(cc1OC(F)F)OCO2)NCc1ccn[nH]1.I. The van der Waals surface area contributed by atoms with E-state index in [9.17, 15) is 8.78 Å². The molecule has 0 unspecified atom stereocenters. The fourth-order valence-corrected chi connectivity index (χ4v) is 2.36. The number of halogens is 3. The van der Waals surface area contributed by atoms with Gasteiger partial charge in [0.2, 0.25) is 6.79 Å². The summed E-state index contributed by atoms with van der Waals surface area (Å²) in [5, 5.41) is 12.9. The van der Waals surface area contributed by atoms with Crippen molar-refractivity contribution in [3.63, 3.8) is 0 Å². The molecule has 1 aliphatic rings. The number of aromatic amines is 1. The quantitative estimate of drug-likeness (QED) is 0.311. The minimum absolute atomic E-state index is 0. The van der Waals surface area contributed by atoms with E-state index in [4.69, 9.17) is 9.47 Å². The van der Waals surface area contributed by atoms with Gasteiger partial charge in [-0.1, -0.05) is 0 Å². The Labute approximate surface area is 171 Å². The van der Waals surface area contributed by atoms with Crippen molar-refractivity contribution in [1.29, 1.82) is 0 Å². The van der Waals surface area contributed by atoms with E-state index >= 15 is 0 Å². The summed E-state index contributed by atoms with van der Waals surface area (Å²) in [7, 11) is 0. The molecule has 3 rings (SSSR count). The van der Waals surface area contributed by atoms with Gasteiger partial charge in [0.25, 0.3) is 0 Å². The van der Waals surface area contributed by atoms with Crippen molar-refractivity contribution in [3.8, 4) is 17.2 Å². The average Bonchev–Trinajstić information content (AvgIpc) is 3.27. The summed E-state index contributed by atoms with van der Waals surface area (Å²) in [5.74, 6) is 1.39. The van der Waals surface area contributed by atoms with Crippen LogP contribution >= 0.6 is 24.0 Å². The molecule has 2 aromatic rings. The molecular formula is C16H20F2IN5O3. The zero-order valence-corrected chi connectivity index (χ0v) is 16.8. The number of nitrogens with zero attached hydrogens (tertiary/aromatic N) is 2. The van der Waals surface area contributed by atoms with Crippen LogP contribution in [-0.2, 0) is 13.1 Å². The first-order valence-corrected chi connectivity index (χ1v) is 8.03. The molecule has 11 heteroatoms. The second-order valence-electron chi connectivity index (χ2n) is 5.32. The Kier molecular flexibility index (Phi) is 7.88. The van der Waals surface area contributed by atoms with E-state index in [-0.39, 0.29) is 43.1 Å². The van der Waals surface area contributed by atoms with E-state index in [0.29, 0.717) is 36.1 Å². The Balaban J connectivity index is 0.00000261. The molecule has 27 heavy (non-hydrogen) atoms. The van der Waals surface area contributed by atoms with Crippen LogP contribution in [0.2, 0.25) is 0 Å². The highest BCUT2D eigenvalue weighted by molar-refractivity contribution is 14.0. The number of nitrogens with one attached hydrogen (secondary N) is 3. The van der Waals surface area contributed by atoms with Gasteiger partial charge in [0.05, 0.1) is 18.8 Å². The molecule has 0 spiro atoms. The summed E-state index contributed by atoms with van der Waals surface area (Å²) in [6.45, 7) is 0.301. The molecule has 0 radical (unpaired) electrons. The summed E-state index contributed by atoms with van der Waals surface area (Å²) in [4.78, 5) is 4.42. The number of ether oxygens (including phenoxy) is 3. The smallest absolute Gasteiger partial charge is 0.387 e. The lowest BCUT2D eigenvalue weighted by Crippen LogP contribution is -2.36. The Morgan fingerprint density at radius 1 is 1.33 bits per heavy atom. The number of alkyl halides is 2. The molecular weight excluding hydrogens is 475 g/mol. The monoisotopic (exact) mass is 495 g/mol. The number of benzene rings is 1. The predicted octanol–water partition coefficient (Wildman–Crippen LogP) is 2.61. The second-order valence-corrected chi connectivity index (χ2v) is 5.32. The van der Waals surface area contributed by atoms with E-state index in [0.717, 1.165) is 5.69 Å². The van der Waals surface area contributed by atoms with Crippen LogP contribution in [0, 0.1) is 0 Å². The molecule has 3 N–H and O–H groups in total. The van der Waals surface area contributed by atoms with Crippen molar-refractivity contribution < 1.29 is 23.0 Å². The minimum Gasteiger partial charge on any atom is -0.454 e. The Hall–Kier alpha value is -2.31. The van der Waals surface area contributed by atoms with Crippen molar-refractivity contribution >= 4 is 29.9 Å². The highest BCUT2D eigenvalue weighted by Crippen LogP contribution is 2.38. The van der Waals surface area contributed by atoms with Gasteiger partial charge in [0.15, 0.2) is 17.5 Å². The number of fused-ring (bicyclic) bond motifs is 1. The largest absolute Gasteiger partial charge is 0.454 e. The first-order chi connectivity index (χ1) is 12.7. The number of H-pyrrole nitrogens is 1. The highest BCUT2D eigenvalue weighted by Gasteiger charge is 2.20. The van der Waals surface area contributed by atoms with E-state index in [1.165, 1.54) is 6.07 Å². The number of guanidine groups is 1. The van der Waals surface area contributed by atoms with Crippen LogP contribution in [0.3, 0.4) is 0 Å². The van der Waals surface area contributed by atoms with Crippen LogP contribution in [-0.4, -0.2) is 36.1 Å². The van der Waals surface area contributed by atoms with E-state index in [2.05, 4.69) is 30.6 Å². The molecule has 8 nitrogen and oxygen atoms in total. The maximum Gasteiger partial charge on any atom is 0.387 e. The first kappa shape index (κ1) is 21.0. The molecule has 0 fully saturated rings. The van der Waals surface area contributed by atoms with Crippen molar-refractivity contribution in [1.82, 2.24) is 20.8 Å². The van der Waals surface area contributed by atoms with Crippen LogP contribution in [0.25, 0.3) is 0 Å². The van der Waals surface area contributed by atoms with Gasteiger partial charge in [-0.05, 0) is 19.1 Å². The topological polar surface area (TPSA) is 92.8 Å². The van der Waals surface area contributed by atoms with Crippen LogP contribution in [0.5, 0.6) is 17.2 Å². The van der Waals surface area contributed by atoms with Gasteiger partial charge in [-0.15, -0.1) is 24.0 Å². The third-order valence-electron chi connectivity index (χ3n) is 3.53. The zero-order valence-electron chi connectivity index (χ0n) is 14.5. The van der Waals surface area contributed by atoms with Crippen LogP contribution in [0.15, 0.2) is 29.4 Å². The van der Waals surface area contributed by atoms with Crippen molar-refractivity contribution in [3.05, 3.63) is 35.7 Å². The van der Waals surface area contributed by atoms with Gasteiger partial charge in [-0.3, -0.25) is 5.10 Å². The summed E-state index contributed by atoms with van der Waals surface area (Å²) in [6.07, 6.45) is 1.65. The molecule has 1 aromatic heterocycles. The predicted molar refractivity (Wildman–Crippen MR) is 105 cm³/mol. The van der Waals surface area contributed by atoms with Gasteiger partial charge < -0.3 is 24.8 Å². The Morgan fingerprint density at radius 3 is 2.78 bits per heavy atom. The first-order valence-electron chi connectivity index (χ1n) is 8.03. The normalized spacial score (nSPS) is 12.7. The molecule has 0 atom stereocenters. The van der Waals surface area contributed by atoms with Gasteiger partial charge in [0, 0.05) is 24.4 Å². The summed E-state index contributed by atoms with van der Waals surface area (Å²) in [5.41, 5.74) is 1.36. The lowest BCUT2D eigenvalue weighted by molar-refractivity contribution is -0.0505. The van der Waals surface area contributed by atoms with Gasteiger partial charge >= 0.3 is 6.61 Å². The fraction of sp³-hybridized carbons (Fsp3) is 0.375. The summed E-state index contributed by atoms with van der Waals surface area (Å²) >= 11 is 0. The van der Waals surface area contributed by atoms with Gasteiger partial charge in [0.1, 0.15) is 5.75 Å². The molecule has 148 valence electrons. The second kappa shape index (κ2) is 10.1. The molecule has 0 saturated heterocycles. The molecule has 0 amide bonds. The summed E-state index contributed by atoms with van der Waals surface area (Å²) < 4.78 is 40.5. The van der Waals surface area contributed by atoms with Crippen LogP contribution < -0.4 is 24.8 Å². The molecule has 0 saturated carbocycles. The van der Waals surface area contributed by atoms with Crippen molar-refractivity contribution in [2.45, 2.75) is 26.6 Å². The van der Waals surface area contributed by atoms with Crippen molar-refractivity contribution in [2.24, 2.45) is 4.99 Å². The van der Waals surface area contributed by atoms with E-state index in [1.807, 2.05) is 13.0 Å². The van der Waals surface area contributed by atoms with Crippen LogP contribution in [0.4, 0.5) is 8.78 Å². The molecule has 1 aromatic carbocycles. The lowest BCUT2D eigenvalue weighted by atomic mass is 10.1. The number of hydrogen-bond donors (Lipinski definition) is 3. The van der Waals surface area contributed by atoms with Crippen molar-refractivity contribution in [2.75, 3.05) is 13.3 Å². The average molecular weight is 495 g/mol. The molecule has 1 aliphatic heterocycles. The number of aliphatic imine (C=N–C) groups is 1. The third-order valence-corrected chi connectivity index (χ3v) is 3.53. The summed E-state index contributed by atoms with van der Waals surface area (Å²) in [6, 6.07) is 4.83. The molecule has 0 bridgehead atoms. The number of rotatable bonds is 7. The maximum atomic E-state index is 12.7. The third kappa shape index (κ3) is 5.84. The maximum absolute atomic E-state index is 12.7. The number of aromatic nitrogens is 2. The minimum atomic E-state index is -2.94. The van der Waals surface area contributed by atoms with Gasteiger partial charge in [-0.2, -0.15) is 13.9 Å². The van der Waals surface area contributed by atoms with E-state index in [1.54, 1.807) is 12.3 Å². The van der Waals surface area contributed by atoms with E-state index < -0.39 is 6.61 Å². The molecule has 0 aliphatic carbocycles. The van der Waals surface area contributed by atoms with Crippen LogP contribution in [0.1, 0.15) is 18.2 Å². The standard InChI is InChI=1S/C16H19F2N5O3.HI/c1-2-19-16(21-8-11-3-4-22-23-11)20-7-10-5-13-14(25-9-24-13)6-12(10)26-15(17)18;/h3-6,15H,2,7-9H2,1H3,(H,22,23)(H2,19,20,21);1H. The molecule has 2 heterocycles.